The molecule has 0 spiro atoms. The molecule has 1 aliphatic heterocycles. The molecule has 0 radical (unpaired) electrons. The molecule has 3 unspecified atom stereocenters. The lowest BCUT2D eigenvalue weighted by molar-refractivity contribution is -0.144. The molecule has 3 atom stereocenters. The molecule has 2 N–H and O–H groups in total. The SMILES string of the molecule is CC1CC(C(=O)NCC(C(=O)O)C2CCCCC2)CCO1. The minimum atomic E-state index is -0.775. The zero-order valence-electron chi connectivity index (χ0n) is 12.8. The summed E-state index contributed by atoms with van der Waals surface area (Å²) in [6.45, 7) is 2.86. The molecule has 1 aliphatic carbocycles. The van der Waals surface area contributed by atoms with Crippen LogP contribution >= 0.6 is 0 Å². The van der Waals surface area contributed by atoms with E-state index in [-0.39, 0.29) is 30.4 Å². The molecule has 5 nitrogen and oxygen atoms in total. The average Bonchev–Trinajstić information content (AvgIpc) is 2.48. The molecule has 0 aromatic carbocycles. The highest BCUT2D eigenvalue weighted by molar-refractivity contribution is 5.79. The van der Waals surface area contributed by atoms with Gasteiger partial charge in [-0.3, -0.25) is 9.59 Å². The van der Waals surface area contributed by atoms with E-state index in [0.717, 1.165) is 38.5 Å². The Bertz CT molecular complexity index is 365. The number of rotatable bonds is 5. The van der Waals surface area contributed by atoms with Crippen molar-refractivity contribution in [3.63, 3.8) is 0 Å². The molecule has 0 aromatic rings. The smallest absolute Gasteiger partial charge is 0.308 e. The number of ether oxygens (including phenoxy) is 1. The minimum absolute atomic E-state index is 0.00721. The van der Waals surface area contributed by atoms with E-state index in [1.165, 1.54) is 6.42 Å². The maximum Gasteiger partial charge on any atom is 0.308 e. The maximum atomic E-state index is 12.2. The van der Waals surface area contributed by atoms with Gasteiger partial charge in [-0.25, -0.2) is 0 Å². The van der Waals surface area contributed by atoms with Crippen molar-refractivity contribution in [1.29, 1.82) is 0 Å². The molecule has 2 fully saturated rings. The number of carboxylic acid groups (broad SMARTS) is 1. The van der Waals surface area contributed by atoms with Crippen LogP contribution in [0, 0.1) is 17.8 Å². The van der Waals surface area contributed by atoms with Gasteiger partial charge in [-0.05, 0) is 38.5 Å². The van der Waals surface area contributed by atoms with Crippen LogP contribution in [0.15, 0.2) is 0 Å². The number of carboxylic acids is 1. The summed E-state index contributed by atoms with van der Waals surface area (Å²) in [4.78, 5) is 23.7. The van der Waals surface area contributed by atoms with Gasteiger partial charge in [0.2, 0.25) is 5.91 Å². The Hall–Kier alpha value is -1.10. The fraction of sp³-hybridized carbons (Fsp3) is 0.875. The van der Waals surface area contributed by atoms with Gasteiger partial charge in [-0.1, -0.05) is 19.3 Å². The topological polar surface area (TPSA) is 75.6 Å². The Morgan fingerprint density at radius 2 is 1.95 bits per heavy atom. The van der Waals surface area contributed by atoms with Crippen molar-refractivity contribution >= 4 is 11.9 Å². The molecule has 1 amide bonds. The molecule has 2 rings (SSSR count). The Balaban J connectivity index is 1.83. The summed E-state index contributed by atoms with van der Waals surface area (Å²) in [6.07, 6.45) is 6.95. The van der Waals surface area contributed by atoms with Gasteiger partial charge < -0.3 is 15.2 Å². The van der Waals surface area contributed by atoms with Gasteiger partial charge in [0.05, 0.1) is 12.0 Å². The number of amides is 1. The predicted molar refractivity (Wildman–Crippen MR) is 78.8 cm³/mol. The molecule has 2 aliphatic rings. The van der Waals surface area contributed by atoms with Crippen molar-refractivity contribution in [3.05, 3.63) is 0 Å². The normalized spacial score (nSPS) is 28.8. The van der Waals surface area contributed by atoms with E-state index in [1.807, 2.05) is 6.92 Å². The van der Waals surface area contributed by atoms with Crippen molar-refractivity contribution in [3.8, 4) is 0 Å². The van der Waals surface area contributed by atoms with Crippen LogP contribution in [0.5, 0.6) is 0 Å². The van der Waals surface area contributed by atoms with Crippen LogP contribution in [0.1, 0.15) is 51.9 Å². The number of carbonyl (C=O) groups excluding carboxylic acids is 1. The van der Waals surface area contributed by atoms with Gasteiger partial charge in [-0.15, -0.1) is 0 Å². The fourth-order valence-electron chi connectivity index (χ4n) is 3.58. The van der Waals surface area contributed by atoms with E-state index in [0.29, 0.717) is 6.61 Å². The second-order valence-corrected chi connectivity index (χ2v) is 6.49. The summed E-state index contributed by atoms with van der Waals surface area (Å²) in [5.41, 5.74) is 0. The predicted octanol–water partition coefficient (Wildman–Crippen LogP) is 2.20. The summed E-state index contributed by atoms with van der Waals surface area (Å²) < 4.78 is 5.44. The average molecular weight is 297 g/mol. The Kier molecular flexibility index (Phi) is 6.03. The van der Waals surface area contributed by atoms with Crippen LogP contribution in [0.3, 0.4) is 0 Å². The first-order valence-corrected chi connectivity index (χ1v) is 8.20. The summed E-state index contributed by atoms with van der Waals surface area (Å²) >= 11 is 0. The lowest BCUT2D eigenvalue weighted by Crippen LogP contribution is -2.42. The van der Waals surface area contributed by atoms with E-state index >= 15 is 0 Å². The van der Waals surface area contributed by atoms with Crippen molar-refractivity contribution in [1.82, 2.24) is 5.32 Å². The Morgan fingerprint density at radius 1 is 1.24 bits per heavy atom. The maximum absolute atomic E-state index is 12.2. The van der Waals surface area contributed by atoms with Gasteiger partial charge in [0.15, 0.2) is 0 Å². The number of carbonyl (C=O) groups is 2. The molecule has 0 aromatic heterocycles. The first-order valence-electron chi connectivity index (χ1n) is 8.20. The Morgan fingerprint density at radius 3 is 2.57 bits per heavy atom. The quantitative estimate of drug-likeness (QED) is 0.815. The molecular formula is C16H27NO4. The summed E-state index contributed by atoms with van der Waals surface area (Å²) in [5.74, 6) is -1.04. The van der Waals surface area contributed by atoms with Crippen LogP contribution in [0.25, 0.3) is 0 Å². The highest BCUT2D eigenvalue weighted by Crippen LogP contribution is 2.30. The second kappa shape index (κ2) is 7.78. The number of nitrogens with one attached hydrogen (secondary N) is 1. The lowest BCUT2D eigenvalue weighted by atomic mass is 9.80. The van der Waals surface area contributed by atoms with Crippen LogP contribution in [-0.2, 0) is 14.3 Å². The van der Waals surface area contributed by atoms with E-state index in [2.05, 4.69) is 5.32 Å². The van der Waals surface area contributed by atoms with Crippen LogP contribution < -0.4 is 5.32 Å². The van der Waals surface area contributed by atoms with E-state index < -0.39 is 11.9 Å². The highest BCUT2D eigenvalue weighted by Gasteiger charge is 2.31. The molecule has 21 heavy (non-hydrogen) atoms. The van der Waals surface area contributed by atoms with E-state index in [9.17, 15) is 14.7 Å². The van der Waals surface area contributed by atoms with Crippen molar-refractivity contribution in [2.45, 2.75) is 58.0 Å². The summed E-state index contributed by atoms with van der Waals surface area (Å²) in [5, 5.41) is 12.3. The van der Waals surface area contributed by atoms with Gasteiger partial charge >= 0.3 is 5.97 Å². The van der Waals surface area contributed by atoms with Gasteiger partial charge in [0, 0.05) is 19.1 Å². The van der Waals surface area contributed by atoms with E-state index in [4.69, 9.17) is 4.74 Å². The molecule has 1 saturated heterocycles. The Labute approximate surface area is 126 Å². The van der Waals surface area contributed by atoms with Crippen LogP contribution in [0.2, 0.25) is 0 Å². The second-order valence-electron chi connectivity index (χ2n) is 6.49. The summed E-state index contributed by atoms with van der Waals surface area (Å²) in [7, 11) is 0. The summed E-state index contributed by atoms with van der Waals surface area (Å²) in [6, 6.07) is 0. The third kappa shape index (κ3) is 4.70. The molecular weight excluding hydrogens is 270 g/mol. The third-order valence-corrected chi connectivity index (χ3v) is 4.89. The molecule has 5 heteroatoms. The number of aliphatic carboxylic acids is 1. The largest absolute Gasteiger partial charge is 0.481 e. The van der Waals surface area contributed by atoms with Crippen molar-refractivity contribution in [2.75, 3.05) is 13.2 Å². The van der Waals surface area contributed by atoms with Gasteiger partial charge in [0.1, 0.15) is 0 Å². The van der Waals surface area contributed by atoms with Gasteiger partial charge in [0.25, 0.3) is 0 Å². The zero-order chi connectivity index (χ0) is 15.2. The zero-order valence-corrected chi connectivity index (χ0v) is 12.8. The third-order valence-electron chi connectivity index (χ3n) is 4.89. The molecule has 1 saturated carbocycles. The molecule has 0 bridgehead atoms. The lowest BCUT2D eigenvalue weighted by Gasteiger charge is -2.29. The highest BCUT2D eigenvalue weighted by atomic mass is 16.5. The van der Waals surface area contributed by atoms with Crippen LogP contribution in [-0.4, -0.2) is 36.2 Å². The first kappa shape index (κ1) is 16.3. The van der Waals surface area contributed by atoms with E-state index in [1.54, 1.807) is 0 Å². The van der Waals surface area contributed by atoms with Crippen molar-refractivity contribution < 1.29 is 19.4 Å². The number of hydrogen-bond donors (Lipinski definition) is 2. The molecule has 120 valence electrons. The van der Waals surface area contributed by atoms with Crippen molar-refractivity contribution in [2.24, 2.45) is 17.8 Å². The fourth-order valence-corrected chi connectivity index (χ4v) is 3.58. The van der Waals surface area contributed by atoms with Gasteiger partial charge in [-0.2, -0.15) is 0 Å². The molecule has 1 heterocycles. The van der Waals surface area contributed by atoms with Crippen LogP contribution in [0.4, 0.5) is 0 Å². The first-order chi connectivity index (χ1) is 10.1. The standard InChI is InChI=1S/C16H27NO4/c1-11-9-13(7-8-21-11)15(18)17-10-14(16(19)20)12-5-3-2-4-6-12/h11-14H,2-10H2,1H3,(H,17,18)(H,19,20). The number of hydrogen-bond acceptors (Lipinski definition) is 3. The monoisotopic (exact) mass is 297 g/mol. The minimum Gasteiger partial charge on any atom is -0.481 e.